The molecule has 0 bridgehead atoms. The SMILES string of the molecule is [2H]c1ccccc1-c1nc(N2Sc3ccc4ccccc4c3-c3c2c2sc4ccccc4c2c2ccccc32)nc2cccc([2H])c12. The first-order chi connectivity index (χ1) is 23.2. The summed E-state index contributed by atoms with van der Waals surface area (Å²) in [6.07, 6.45) is 0. The number of thiophene rings is 1. The van der Waals surface area contributed by atoms with Crippen molar-refractivity contribution in [2.24, 2.45) is 0 Å². The van der Waals surface area contributed by atoms with Crippen LogP contribution in [0.1, 0.15) is 2.74 Å². The van der Waals surface area contributed by atoms with E-state index in [0.717, 1.165) is 10.6 Å². The first-order valence-corrected chi connectivity index (χ1v) is 16.4. The third kappa shape index (κ3) is 3.65. The fourth-order valence-electron chi connectivity index (χ4n) is 6.78. The second-order valence-corrected chi connectivity index (χ2v) is 13.2. The van der Waals surface area contributed by atoms with E-state index in [1.54, 1.807) is 24.1 Å². The molecular formula is C40H23N3S2. The molecule has 9 aromatic rings. The molecule has 1 aliphatic heterocycles. The number of anilines is 2. The molecule has 210 valence electrons. The molecule has 0 saturated heterocycles. The molecule has 0 aliphatic carbocycles. The third-order valence-electron chi connectivity index (χ3n) is 8.70. The predicted octanol–water partition coefficient (Wildman–Crippen LogP) is 11.8. The summed E-state index contributed by atoms with van der Waals surface area (Å²) in [5, 5.41) is 7.95. The molecule has 3 nitrogen and oxygen atoms in total. The highest BCUT2D eigenvalue weighted by Gasteiger charge is 2.33. The van der Waals surface area contributed by atoms with Crippen LogP contribution in [0, 0.1) is 0 Å². The monoisotopic (exact) mass is 611 g/mol. The highest BCUT2D eigenvalue weighted by molar-refractivity contribution is 8.01. The van der Waals surface area contributed by atoms with Gasteiger partial charge in [0.1, 0.15) is 0 Å². The fourth-order valence-corrected chi connectivity index (χ4v) is 9.17. The normalized spacial score (nSPS) is 13.4. The Bertz CT molecular complexity index is 2770. The van der Waals surface area contributed by atoms with Gasteiger partial charge in [0, 0.05) is 42.4 Å². The number of hydrogen-bond donors (Lipinski definition) is 0. The second-order valence-electron chi connectivity index (χ2n) is 11.2. The van der Waals surface area contributed by atoms with E-state index in [9.17, 15) is 0 Å². The number of nitrogens with zero attached hydrogens (tertiary/aromatic N) is 3. The summed E-state index contributed by atoms with van der Waals surface area (Å²) in [6, 6.07) is 44.2. The summed E-state index contributed by atoms with van der Waals surface area (Å²) < 4.78 is 22.2. The Labute approximate surface area is 270 Å². The highest BCUT2D eigenvalue weighted by atomic mass is 32.2. The van der Waals surface area contributed by atoms with Crippen molar-refractivity contribution in [2.45, 2.75) is 4.90 Å². The van der Waals surface area contributed by atoms with Crippen LogP contribution in [0.5, 0.6) is 0 Å². The summed E-state index contributed by atoms with van der Waals surface area (Å²) in [5.41, 5.74) is 5.42. The van der Waals surface area contributed by atoms with E-state index in [4.69, 9.17) is 12.7 Å². The van der Waals surface area contributed by atoms with E-state index in [1.165, 1.54) is 52.8 Å². The van der Waals surface area contributed by atoms with Gasteiger partial charge in [0.2, 0.25) is 5.95 Å². The number of rotatable bonds is 2. The van der Waals surface area contributed by atoms with E-state index in [-0.39, 0.29) is 0 Å². The zero-order valence-electron chi connectivity index (χ0n) is 25.8. The Hall–Kier alpha value is -5.23. The summed E-state index contributed by atoms with van der Waals surface area (Å²) in [4.78, 5) is 11.5. The molecule has 45 heavy (non-hydrogen) atoms. The topological polar surface area (TPSA) is 29.0 Å². The summed E-state index contributed by atoms with van der Waals surface area (Å²) >= 11 is 3.45. The molecule has 1 aliphatic rings. The number of hydrogen-bond acceptors (Lipinski definition) is 5. The molecule has 0 amide bonds. The smallest absolute Gasteiger partial charge is 0.241 e. The Morgan fingerprint density at radius 2 is 1.33 bits per heavy atom. The van der Waals surface area contributed by atoms with Crippen LogP contribution >= 0.6 is 23.3 Å². The van der Waals surface area contributed by atoms with E-state index in [2.05, 4.69) is 89.2 Å². The Kier molecular flexibility index (Phi) is 4.96. The van der Waals surface area contributed by atoms with Crippen molar-refractivity contribution in [3.05, 3.63) is 139 Å². The maximum atomic E-state index is 8.83. The predicted molar refractivity (Wildman–Crippen MR) is 193 cm³/mol. The van der Waals surface area contributed by atoms with Gasteiger partial charge in [0.15, 0.2) is 0 Å². The van der Waals surface area contributed by atoms with E-state index in [0.29, 0.717) is 40.2 Å². The van der Waals surface area contributed by atoms with Crippen LogP contribution in [-0.2, 0) is 0 Å². The summed E-state index contributed by atoms with van der Waals surface area (Å²) in [6.45, 7) is 0. The van der Waals surface area contributed by atoms with Crippen LogP contribution in [0.15, 0.2) is 144 Å². The van der Waals surface area contributed by atoms with Gasteiger partial charge in [-0.15, -0.1) is 11.3 Å². The largest absolute Gasteiger partial charge is 0.246 e. The lowest BCUT2D eigenvalue weighted by atomic mass is 9.90. The van der Waals surface area contributed by atoms with Crippen LogP contribution < -0.4 is 4.31 Å². The lowest BCUT2D eigenvalue weighted by molar-refractivity contribution is 1.17. The molecule has 5 heteroatoms. The molecule has 0 unspecified atom stereocenters. The molecule has 0 atom stereocenters. The van der Waals surface area contributed by atoms with Gasteiger partial charge in [0.25, 0.3) is 0 Å². The lowest BCUT2D eigenvalue weighted by Gasteiger charge is -2.32. The molecule has 0 N–H and O–H groups in total. The standard InChI is InChI=1S/C40H23N3S2/c1-2-13-25(14-3-1)37-29-18-8-10-20-31(29)41-40(42-37)43-38-36(35-26-15-5-4-12-24(26)22-23-33(35)45-43)28-17-7-6-16-27(28)34-30-19-9-11-21-32(30)44-39(34)38/h1-23H/i13D,18D. The molecule has 0 fully saturated rings. The maximum Gasteiger partial charge on any atom is 0.241 e. The van der Waals surface area contributed by atoms with Gasteiger partial charge in [-0.1, -0.05) is 121 Å². The van der Waals surface area contributed by atoms with Gasteiger partial charge in [-0.3, -0.25) is 0 Å². The third-order valence-corrected chi connectivity index (χ3v) is 10.9. The maximum absolute atomic E-state index is 8.83. The van der Waals surface area contributed by atoms with E-state index < -0.39 is 0 Å². The van der Waals surface area contributed by atoms with Crippen LogP contribution in [0.2, 0.25) is 0 Å². The highest BCUT2D eigenvalue weighted by Crippen LogP contribution is 2.59. The number of para-hydroxylation sites is 1. The van der Waals surface area contributed by atoms with Crippen LogP contribution in [0.3, 0.4) is 0 Å². The van der Waals surface area contributed by atoms with Crippen LogP contribution in [0.25, 0.3) is 75.0 Å². The molecule has 0 spiro atoms. The van der Waals surface area contributed by atoms with Crippen molar-refractivity contribution in [3.8, 4) is 22.4 Å². The van der Waals surface area contributed by atoms with Gasteiger partial charge in [0.05, 0.1) is 24.3 Å². The first-order valence-electron chi connectivity index (χ1n) is 15.9. The number of fused-ring (bicyclic) bond motifs is 13. The van der Waals surface area contributed by atoms with Gasteiger partial charge >= 0.3 is 0 Å². The van der Waals surface area contributed by atoms with Crippen LogP contribution in [0.4, 0.5) is 11.6 Å². The minimum Gasteiger partial charge on any atom is -0.246 e. The van der Waals surface area contributed by atoms with Crippen molar-refractivity contribution in [2.75, 3.05) is 4.31 Å². The van der Waals surface area contributed by atoms with Gasteiger partial charge in [-0.05, 0) is 51.7 Å². The minimum absolute atomic E-state index is 0.341. The molecular weight excluding hydrogens is 587 g/mol. The van der Waals surface area contributed by atoms with Crippen LogP contribution in [-0.4, -0.2) is 9.97 Å². The van der Waals surface area contributed by atoms with Crippen molar-refractivity contribution in [1.82, 2.24) is 9.97 Å². The number of benzene rings is 7. The summed E-state index contributed by atoms with van der Waals surface area (Å²) in [7, 11) is 0. The first kappa shape index (κ1) is 23.2. The van der Waals surface area contributed by atoms with E-state index >= 15 is 0 Å². The average molecular weight is 612 g/mol. The van der Waals surface area contributed by atoms with Crippen molar-refractivity contribution in [3.63, 3.8) is 0 Å². The molecule has 2 aromatic heterocycles. The Morgan fingerprint density at radius 3 is 2.24 bits per heavy atom. The minimum atomic E-state index is 0.341. The number of aromatic nitrogens is 2. The second kappa shape index (κ2) is 9.63. The zero-order valence-corrected chi connectivity index (χ0v) is 25.4. The van der Waals surface area contributed by atoms with Crippen molar-refractivity contribution >= 4 is 87.5 Å². The van der Waals surface area contributed by atoms with Crippen molar-refractivity contribution < 1.29 is 2.74 Å². The zero-order chi connectivity index (χ0) is 31.2. The molecule has 10 rings (SSSR count). The lowest BCUT2D eigenvalue weighted by Crippen LogP contribution is -2.16. The molecule has 3 heterocycles. The summed E-state index contributed by atoms with van der Waals surface area (Å²) in [5.74, 6) is 0.528. The Morgan fingerprint density at radius 1 is 0.578 bits per heavy atom. The van der Waals surface area contributed by atoms with Crippen molar-refractivity contribution in [1.29, 1.82) is 0 Å². The quantitative estimate of drug-likeness (QED) is 0.182. The average Bonchev–Trinajstić information content (AvgIpc) is 3.51. The molecule has 7 aromatic carbocycles. The molecule has 0 saturated carbocycles. The van der Waals surface area contributed by atoms with Gasteiger partial charge < -0.3 is 0 Å². The van der Waals surface area contributed by atoms with Gasteiger partial charge in [-0.2, -0.15) is 0 Å². The van der Waals surface area contributed by atoms with Gasteiger partial charge in [-0.25, -0.2) is 14.3 Å². The molecule has 0 radical (unpaired) electrons. The fraction of sp³-hybridized carbons (Fsp3) is 0. The van der Waals surface area contributed by atoms with E-state index in [1.807, 2.05) is 41.7 Å². The Balaban J connectivity index is 1.39.